The van der Waals surface area contributed by atoms with Gasteiger partial charge in [-0.2, -0.15) is 0 Å². The SMILES string of the molecule is CCCCCCC(CCCCCC)OC(=O)CCCCCCCOCC(COCCCCCCCC(=O)OC(CCCCCC)CCCCCC)NCCCCN1CCCC1. The number of nitrogens with zero attached hydrogens (tertiary/aromatic N) is 1. The highest BCUT2D eigenvalue weighted by atomic mass is 16.5. The molecule has 1 heterocycles. The molecule has 1 rings (SSSR count). The fraction of sp³-hybridized carbons (Fsp3) is 0.962. The maximum Gasteiger partial charge on any atom is 0.306 e. The maximum atomic E-state index is 12.6. The van der Waals surface area contributed by atoms with Gasteiger partial charge in [0.1, 0.15) is 12.2 Å². The second kappa shape index (κ2) is 45.4. The predicted molar refractivity (Wildman–Crippen MR) is 259 cm³/mol. The van der Waals surface area contributed by atoms with E-state index in [-0.39, 0.29) is 30.2 Å². The zero-order chi connectivity index (χ0) is 44.1. The summed E-state index contributed by atoms with van der Waals surface area (Å²) in [4.78, 5) is 27.9. The molecule has 8 heteroatoms. The molecule has 0 aliphatic carbocycles. The van der Waals surface area contributed by atoms with Gasteiger partial charge >= 0.3 is 11.9 Å². The van der Waals surface area contributed by atoms with Crippen LogP contribution in [0.3, 0.4) is 0 Å². The first-order valence-corrected chi connectivity index (χ1v) is 27.0. The lowest BCUT2D eigenvalue weighted by Gasteiger charge is -2.20. The summed E-state index contributed by atoms with van der Waals surface area (Å²) in [6, 6.07) is 0.216. The molecule has 1 saturated heterocycles. The summed E-state index contributed by atoms with van der Waals surface area (Å²) >= 11 is 0. The first-order chi connectivity index (χ1) is 30.0. The van der Waals surface area contributed by atoms with E-state index in [4.69, 9.17) is 18.9 Å². The first kappa shape index (κ1) is 57.8. The smallest absolute Gasteiger partial charge is 0.306 e. The van der Waals surface area contributed by atoms with Crippen LogP contribution in [0.1, 0.15) is 259 Å². The molecule has 0 saturated carbocycles. The Labute approximate surface area is 379 Å². The number of ether oxygens (including phenoxy) is 4. The van der Waals surface area contributed by atoms with Gasteiger partial charge in [0.25, 0.3) is 0 Å². The van der Waals surface area contributed by atoms with Crippen LogP contribution < -0.4 is 5.32 Å². The minimum absolute atomic E-state index is 0.00921. The molecule has 0 aromatic heterocycles. The average Bonchev–Trinajstić information content (AvgIpc) is 3.78. The van der Waals surface area contributed by atoms with Crippen molar-refractivity contribution in [2.75, 3.05) is 52.6 Å². The van der Waals surface area contributed by atoms with Crippen LogP contribution in [0, 0.1) is 0 Å². The highest BCUT2D eigenvalue weighted by Gasteiger charge is 2.16. The van der Waals surface area contributed by atoms with Gasteiger partial charge < -0.3 is 29.2 Å². The predicted octanol–water partition coefficient (Wildman–Crippen LogP) is 14.2. The fourth-order valence-corrected chi connectivity index (χ4v) is 8.61. The van der Waals surface area contributed by atoms with Gasteiger partial charge in [-0.05, 0) is 129 Å². The Balaban J connectivity index is 2.26. The van der Waals surface area contributed by atoms with Crippen LogP contribution in [0.5, 0.6) is 0 Å². The molecular formula is C53H104N2O6. The second-order valence-corrected chi connectivity index (χ2v) is 18.7. The lowest BCUT2D eigenvalue weighted by molar-refractivity contribution is -0.151. The third-order valence-electron chi connectivity index (χ3n) is 12.6. The van der Waals surface area contributed by atoms with E-state index in [0.717, 1.165) is 110 Å². The Hall–Kier alpha value is -1.22. The largest absolute Gasteiger partial charge is 0.462 e. The molecule has 1 fully saturated rings. The number of likely N-dealkylation sites (tertiary alicyclic amines) is 1. The quantitative estimate of drug-likeness (QED) is 0.0478. The number of esters is 2. The number of nitrogens with one attached hydrogen (secondary N) is 1. The van der Waals surface area contributed by atoms with Crippen LogP contribution in [0.15, 0.2) is 0 Å². The van der Waals surface area contributed by atoms with Gasteiger partial charge in [0.2, 0.25) is 0 Å². The zero-order valence-electron chi connectivity index (χ0n) is 41.2. The number of carbonyl (C=O) groups is 2. The van der Waals surface area contributed by atoms with Crippen molar-refractivity contribution in [3.63, 3.8) is 0 Å². The van der Waals surface area contributed by atoms with E-state index >= 15 is 0 Å². The lowest BCUT2D eigenvalue weighted by atomic mass is 10.0. The summed E-state index contributed by atoms with van der Waals surface area (Å²) in [5, 5.41) is 3.74. The van der Waals surface area contributed by atoms with Gasteiger partial charge in [0.05, 0.1) is 19.3 Å². The standard InChI is InChI=1S/C53H104N2O6/c1-5-9-13-23-35-50(36-24-14-10-6-2)60-52(56)39-27-19-17-21-33-45-58-47-49(54-41-29-30-42-55-43-31-32-44-55)48-59-46-34-22-18-20-28-40-53(57)61-51(37-25-15-11-7-3)38-26-16-12-8-4/h49-51,54H,5-48H2,1-4H3. The van der Waals surface area contributed by atoms with Crippen molar-refractivity contribution >= 4 is 11.9 Å². The molecule has 8 nitrogen and oxygen atoms in total. The number of hydrogen-bond acceptors (Lipinski definition) is 8. The topological polar surface area (TPSA) is 86.3 Å². The molecule has 0 unspecified atom stereocenters. The molecule has 0 spiro atoms. The second-order valence-electron chi connectivity index (χ2n) is 18.7. The molecule has 1 aliphatic rings. The molecule has 0 bridgehead atoms. The van der Waals surface area contributed by atoms with Crippen LogP contribution >= 0.6 is 0 Å². The maximum absolute atomic E-state index is 12.6. The van der Waals surface area contributed by atoms with Gasteiger partial charge in [-0.1, -0.05) is 143 Å². The van der Waals surface area contributed by atoms with E-state index in [9.17, 15) is 9.59 Å². The van der Waals surface area contributed by atoms with Crippen molar-refractivity contribution in [1.82, 2.24) is 10.2 Å². The van der Waals surface area contributed by atoms with Gasteiger partial charge in [-0.3, -0.25) is 9.59 Å². The van der Waals surface area contributed by atoms with Crippen molar-refractivity contribution in [3.8, 4) is 0 Å². The lowest BCUT2D eigenvalue weighted by Crippen LogP contribution is -2.38. The van der Waals surface area contributed by atoms with Crippen LogP contribution in [-0.2, 0) is 28.5 Å². The van der Waals surface area contributed by atoms with E-state index in [1.807, 2.05) is 0 Å². The molecule has 61 heavy (non-hydrogen) atoms. The summed E-state index contributed by atoms with van der Waals surface area (Å²) in [5.74, 6) is 0.0184. The Morgan fingerprint density at radius 3 is 1.25 bits per heavy atom. The summed E-state index contributed by atoms with van der Waals surface area (Å²) in [5.41, 5.74) is 0. The zero-order valence-corrected chi connectivity index (χ0v) is 41.2. The van der Waals surface area contributed by atoms with E-state index in [1.54, 1.807) is 0 Å². The number of rotatable bonds is 48. The number of hydrogen-bond donors (Lipinski definition) is 1. The minimum atomic E-state index is 0.00921. The normalized spacial score (nSPS) is 13.4. The highest BCUT2D eigenvalue weighted by Crippen LogP contribution is 2.19. The molecule has 0 radical (unpaired) electrons. The van der Waals surface area contributed by atoms with Crippen molar-refractivity contribution in [2.45, 2.75) is 277 Å². The van der Waals surface area contributed by atoms with Gasteiger partial charge in [-0.25, -0.2) is 0 Å². The van der Waals surface area contributed by atoms with Crippen molar-refractivity contribution in [3.05, 3.63) is 0 Å². The van der Waals surface area contributed by atoms with Crippen molar-refractivity contribution in [1.29, 1.82) is 0 Å². The Morgan fingerprint density at radius 1 is 0.459 bits per heavy atom. The van der Waals surface area contributed by atoms with E-state index in [0.29, 0.717) is 26.1 Å². The minimum Gasteiger partial charge on any atom is -0.462 e. The van der Waals surface area contributed by atoms with Crippen LogP contribution in [0.25, 0.3) is 0 Å². The monoisotopic (exact) mass is 865 g/mol. The van der Waals surface area contributed by atoms with Crippen LogP contribution in [0.2, 0.25) is 0 Å². The summed E-state index contributed by atoms with van der Waals surface area (Å²) in [6.45, 7) is 16.7. The third kappa shape index (κ3) is 38.9. The van der Waals surface area contributed by atoms with Crippen molar-refractivity contribution < 1.29 is 28.5 Å². The first-order valence-electron chi connectivity index (χ1n) is 27.0. The Morgan fingerprint density at radius 2 is 0.836 bits per heavy atom. The van der Waals surface area contributed by atoms with Gasteiger partial charge in [0, 0.05) is 26.1 Å². The molecular weight excluding hydrogens is 761 g/mol. The molecule has 1 aliphatic heterocycles. The molecule has 0 aromatic rings. The fourth-order valence-electron chi connectivity index (χ4n) is 8.61. The van der Waals surface area contributed by atoms with E-state index < -0.39 is 0 Å². The third-order valence-corrected chi connectivity index (χ3v) is 12.6. The van der Waals surface area contributed by atoms with Crippen LogP contribution in [-0.4, -0.2) is 87.7 Å². The average molecular weight is 865 g/mol. The highest BCUT2D eigenvalue weighted by molar-refractivity contribution is 5.69. The summed E-state index contributed by atoms with van der Waals surface area (Å²) in [6.07, 6.45) is 41.0. The Bertz CT molecular complexity index is 846. The Kier molecular flexibility index (Phi) is 43.0. The number of carbonyl (C=O) groups excluding carboxylic acids is 2. The molecule has 362 valence electrons. The molecule has 0 amide bonds. The van der Waals surface area contributed by atoms with E-state index in [1.165, 1.54) is 148 Å². The number of unbranched alkanes of at least 4 members (excludes halogenated alkanes) is 21. The molecule has 0 atom stereocenters. The van der Waals surface area contributed by atoms with Crippen LogP contribution in [0.4, 0.5) is 0 Å². The summed E-state index contributed by atoms with van der Waals surface area (Å²) < 4.78 is 24.3. The molecule has 0 aromatic carbocycles. The van der Waals surface area contributed by atoms with E-state index in [2.05, 4.69) is 37.9 Å². The van der Waals surface area contributed by atoms with Gasteiger partial charge in [-0.15, -0.1) is 0 Å². The van der Waals surface area contributed by atoms with Gasteiger partial charge in [0.15, 0.2) is 0 Å². The molecule has 1 N–H and O–H groups in total. The summed E-state index contributed by atoms with van der Waals surface area (Å²) in [7, 11) is 0. The van der Waals surface area contributed by atoms with Crippen molar-refractivity contribution in [2.24, 2.45) is 0 Å².